The average molecular weight is 334 g/mol. The van der Waals surface area contributed by atoms with E-state index in [0.29, 0.717) is 6.42 Å². The van der Waals surface area contributed by atoms with Crippen LogP contribution in [-0.4, -0.2) is 17.3 Å². The van der Waals surface area contributed by atoms with E-state index in [1.54, 1.807) is 0 Å². The van der Waals surface area contributed by atoms with Crippen LogP contribution >= 0.6 is 15.9 Å². The molecule has 0 aromatic carbocycles. The third-order valence-corrected chi connectivity index (χ3v) is 3.99. The Hall–Kier alpha value is -0.0500. The number of hydrogen-bond acceptors (Lipinski definition) is 1. The first-order valence-electron chi connectivity index (χ1n) is 7.77. The van der Waals surface area contributed by atoms with Gasteiger partial charge in [0.15, 0.2) is 0 Å². The molecule has 2 nitrogen and oxygen atoms in total. The van der Waals surface area contributed by atoms with E-state index in [2.05, 4.69) is 48.9 Å². The highest BCUT2D eigenvalue weighted by molar-refractivity contribution is 9.09. The number of halogens is 1. The van der Waals surface area contributed by atoms with Gasteiger partial charge < -0.3 is 5.32 Å². The van der Waals surface area contributed by atoms with Crippen LogP contribution in [0.25, 0.3) is 0 Å². The van der Waals surface area contributed by atoms with Gasteiger partial charge in [0.25, 0.3) is 0 Å². The molecule has 0 aliphatic heterocycles. The molecule has 1 atom stereocenters. The van der Waals surface area contributed by atoms with E-state index in [1.165, 1.54) is 32.1 Å². The number of carbonyl (C=O) groups excluding carboxylic acids is 1. The van der Waals surface area contributed by atoms with Gasteiger partial charge in [-0.25, -0.2) is 0 Å². The molecule has 114 valence electrons. The van der Waals surface area contributed by atoms with Crippen LogP contribution in [-0.2, 0) is 4.79 Å². The Balaban J connectivity index is 3.82. The third kappa shape index (κ3) is 10.4. The molecule has 0 radical (unpaired) electrons. The number of hydrogen-bond donors (Lipinski definition) is 1. The first kappa shape index (κ1) is 18.9. The molecule has 1 amide bonds. The van der Waals surface area contributed by atoms with E-state index >= 15 is 0 Å². The van der Waals surface area contributed by atoms with Crippen molar-refractivity contribution in [1.82, 2.24) is 5.32 Å². The molecule has 0 spiro atoms. The average Bonchev–Trinajstić information content (AvgIpc) is 2.32. The predicted molar refractivity (Wildman–Crippen MR) is 87.8 cm³/mol. The van der Waals surface area contributed by atoms with Crippen molar-refractivity contribution in [3.8, 4) is 0 Å². The molecule has 0 aliphatic rings. The van der Waals surface area contributed by atoms with Crippen LogP contribution in [0, 0.1) is 5.41 Å². The second kappa shape index (κ2) is 10.7. The minimum Gasteiger partial charge on any atom is -0.353 e. The maximum Gasteiger partial charge on any atom is 0.220 e. The van der Waals surface area contributed by atoms with Gasteiger partial charge >= 0.3 is 0 Å². The molecule has 3 heteroatoms. The summed E-state index contributed by atoms with van der Waals surface area (Å²) in [7, 11) is 0. The fraction of sp³-hybridized carbons (Fsp3) is 0.938. The van der Waals surface area contributed by atoms with Crippen molar-refractivity contribution in [2.75, 3.05) is 5.33 Å². The van der Waals surface area contributed by atoms with Gasteiger partial charge in [0.05, 0.1) is 0 Å². The summed E-state index contributed by atoms with van der Waals surface area (Å²) >= 11 is 3.47. The molecule has 1 unspecified atom stereocenters. The first-order valence-corrected chi connectivity index (χ1v) is 8.89. The van der Waals surface area contributed by atoms with Crippen LogP contribution in [0.1, 0.15) is 79.1 Å². The summed E-state index contributed by atoms with van der Waals surface area (Å²) in [4.78, 5) is 11.9. The molecule has 0 bridgehead atoms. The lowest BCUT2D eigenvalue weighted by Gasteiger charge is -2.31. The smallest absolute Gasteiger partial charge is 0.220 e. The second-order valence-corrected chi connectivity index (χ2v) is 7.27. The van der Waals surface area contributed by atoms with Gasteiger partial charge in [-0.2, -0.15) is 0 Å². The number of alkyl halides is 1. The Bertz CT molecular complexity index is 235. The largest absolute Gasteiger partial charge is 0.353 e. The summed E-state index contributed by atoms with van der Waals surface area (Å²) in [5.74, 6) is 0.219. The predicted octanol–water partition coefficient (Wildman–Crippen LogP) is 5.05. The third-order valence-electron chi connectivity index (χ3n) is 3.54. The van der Waals surface area contributed by atoms with E-state index in [4.69, 9.17) is 0 Å². The highest BCUT2D eigenvalue weighted by Crippen LogP contribution is 2.22. The van der Waals surface area contributed by atoms with Crippen molar-refractivity contribution in [1.29, 1.82) is 0 Å². The van der Waals surface area contributed by atoms with Crippen molar-refractivity contribution >= 4 is 21.8 Å². The van der Waals surface area contributed by atoms with E-state index in [-0.39, 0.29) is 17.4 Å². The monoisotopic (exact) mass is 333 g/mol. The Morgan fingerprint density at radius 2 is 1.68 bits per heavy atom. The molecule has 19 heavy (non-hydrogen) atoms. The van der Waals surface area contributed by atoms with Crippen molar-refractivity contribution in [3.05, 3.63) is 0 Å². The summed E-state index contributed by atoms with van der Waals surface area (Å²) in [5, 5.41) is 4.13. The normalized spacial score (nSPS) is 13.3. The lowest BCUT2D eigenvalue weighted by molar-refractivity contribution is -0.122. The van der Waals surface area contributed by atoms with E-state index < -0.39 is 0 Å². The van der Waals surface area contributed by atoms with Crippen molar-refractivity contribution in [3.63, 3.8) is 0 Å². The fourth-order valence-corrected chi connectivity index (χ4v) is 2.62. The zero-order valence-corrected chi connectivity index (χ0v) is 14.8. The Kier molecular flexibility index (Phi) is 10.7. The molecule has 0 aromatic heterocycles. The quantitative estimate of drug-likeness (QED) is 0.439. The lowest BCUT2D eigenvalue weighted by atomic mass is 9.85. The van der Waals surface area contributed by atoms with Crippen LogP contribution in [0.2, 0.25) is 0 Å². The highest BCUT2D eigenvalue weighted by atomic mass is 79.9. The zero-order valence-electron chi connectivity index (χ0n) is 13.2. The van der Waals surface area contributed by atoms with Crippen LogP contribution in [0.15, 0.2) is 0 Å². The Labute approximate surface area is 128 Å². The number of unbranched alkanes of at least 4 members (excludes halogenated alkanes) is 5. The molecule has 0 heterocycles. The van der Waals surface area contributed by atoms with E-state index in [1.807, 2.05) is 0 Å². The van der Waals surface area contributed by atoms with Crippen LogP contribution in [0.5, 0.6) is 0 Å². The van der Waals surface area contributed by atoms with E-state index in [9.17, 15) is 4.79 Å². The number of carbonyl (C=O) groups is 1. The van der Waals surface area contributed by atoms with Crippen molar-refractivity contribution in [2.24, 2.45) is 5.41 Å². The van der Waals surface area contributed by atoms with Gasteiger partial charge in [0.2, 0.25) is 5.91 Å². The fourth-order valence-electron chi connectivity index (χ4n) is 2.16. The van der Waals surface area contributed by atoms with Gasteiger partial charge in [-0.3, -0.25) is 4.79 Å². The first-order chi connectivity index (χ1) is 8.91. The number of nitrogens with one attached hydrogen (secondary N) is 1. The van der Waals surface area contributed by atoms with E-state index in [0.717, 1.165) is 18.2 Å². The van der Waals surface area contributed by atoms with Crippen molar-refractivity contribution < 1.29 is 4.79 Å². The summed E-state index contributed by atoms with van der Waals surface area (Å²) < 4.78 is 0. The van der Waals surface area contributed by atoms with Gasteiger partial charge in [0, 0.05) is 17.8 Å². The molecule has 0 fully saturated rings. The maximum absolute atomic E-state index is 11.9. The molecule has 0 aromatic rings. The Morgan fingerprint density at radius 1 is 1.11 bits per heavy atom. The summed E-state index contributed by atoms with van der Waals surface area (Å²) in [6, 6.07) is 0.263. The zero-order chi connectivity index (χ0) is 14.7. The minimum absolute atomic E-state index is 0.130. The van der Waals surface area contributed by atoms with Gasteiger partial charge in [-0.1, -0.05) is 75.7 Å². The van der Waals surface area contributed by atoms with Gasteiger partial charge in [0.1, 0.15) is 0 Å². The molecular weight excluding hydrogens is 302 g/mol. The van der Waals surface area contributed by atoms with Crippen LogP contribution < -0.4 is 5.32 Å². The Morgan fingerprint density at radius 3 is 2.21 bits per heavy atom. The SMILES string of the molecule is CCCCCCCCC(=O)NC(CCBr)C(C)(C)C. The van der Waals surface area contributed by atoms with Crippen molar-refractivity contribution in [2.45, 2.75) is 85.1 Å². The van der Waals surface area contributed by atoms with Gasteiger partial charge in [-0.05, 0) is 18.3 Å². The molecule has 0 saturated carbocycles. The standard InChI is InChI=1S/C16H32BrNO/c1-5-6-7-8-9-10-11-15(19)18-14(12-13-17)16(2,3)4/h14H,5-13H2,1-4H3,(H,18,19). The maximum atomic E-state index is 11.9. The summed E-state index contributed by atoms with van der Waals surface area (Å²) in [5.41, 5.74) is 0.130. The van der Waals surface area contributed by atoms with Crippen LogP contribution in [0.3, 0.4) is 0 Å². The number of amides is 1. The topological polar surface area (TPSA) is 29.1 Å². The molecule has 0 saturated heterocycles. The minimum atomic E-state index is 0.130. The molecule has 1 N–H and O–H groups in total. The summed E-state index contributed by atoms with van der Waals surface area (Å²) in [6.45, 7) is 8.78. The summed E-state index contributed by atoms with van der Waals surface area (Å²) in [6.07, 6.45) is 9.07. The van der Waals surface area contributed by atoms with Gasteiger partial charge in [-0.15, -0.1) is 0 Å². The number of rotatable bonds is 10. The molecule has 0 aliphatic carbocycles. The molecule has 0 rings (SSSR count). The van der Waals surface area contributed by atoms with Crippen LogP contribution in [0.4, 0.5) is 0 Å². The molecular formula is C16H32BrNO. The second-order valence-electron chi connectivity index (χ2n) is 6.48. The lowest BCUT2D eigenvalue weighted by Crippen LogP contribution is -2.43. The highest BCUT2D eigenvalue weighted by Gasteiger charge is 2.25.